The lowest BCUT2D eigenvalue weighted by Crippen LogP contribution is -2.00. The van der Waals surface area contributed by atoms with E-state index in [2.05, 4.69) is 0 Å². The smallest absolute Gasteiger partial charge is 0.303 e. The van der Waals surface area contributed by atoms with Crippen LogP contribution in [-0.4, -0.2) is 11.1 Å². The molecule has 2 aliphatic rings. The summed E-state index contributed by atoms with van der Waals surface area (Å²) in [5.41, 5.74) is 0. The molecule has 0 amide bonds. The Morgan fingerprint density at radius 3 is 2.54 bits per heavy atom. The molecule has 2 nitrogen and oxygen atoms in total. The molecular weight excluding hydrogens is 164 g/mol. The third kappa shape index (κ3) is 2.45. The number of hydrogen-bond acceptors (Lipinski definition) is 1. The van der Waals surface area contributed by atoms with Crippen molar-refractivity contribution in [2.45, 2.75) is 44.9 Å². The monoisotopic (exact) mass is 182 g/mol. The van der Waals surface area contributed by atoms with E-state index in [0.29, 0.717) is 12.3 Å². The molecule has 2 atom stereocenters. The molecule has 0 spiro atoms. The second-order valence-corrected chi connectivity index (χ2v) is 4.74. The fourth-order valence-electron chi connectivity index (χ4n) is 2.75. The molecule has 2 fully saturated rings. The molecule has 1 N–H and O–H groups in total. The normalized spacial score (nSPS) is 33.5. The number of carboxylic acids is 1. The van der Waals surface area contributed by atoms with Gasteiger partial charge >= 0.3 is 5.97 Å². The standard InChI is InChI=1S/C11H18O2/c12-11(13)7-10-6-9(10)5-8-3-1-2-4-8/h8-10H,1-7H2,(H,12,13). The Balaban J connectivity index is 1.65. The summed E-state index contributed by atoms with van der Waals surface area (Å²) in [6.45, 7) is 0. The van der Waals surface area contributed by atoms with Crippen LogP contribution in [-0.2, 0) is 4.79 Å². The van der Waals surface area contributed by atoms with Crippen LogP contribution in [0.5, 0.6) is 0 Å². The summed E-state index contributed by atoms with van der Waals surface area (Å²) in [7, 11) is 0. The van der Waals surface area contributed by atoms with Crippen LogP contribution < -0.4 is 0 Å². The predicted molar refractivity (Wildman–Crippen MR) is 50.4 cm³/mol. The molecule has 2 saturated carbocycles. The molecule has 2 unspecified atom stereocenters. The van der Waals surface area contributed by atoms with Crippen molar-refractivity contribution in [3.05, 3.63) is 0 Å². The van der Waals surface area contributed by atoms with Gasteiger partial charge < -0.3 is 5.11 Å². The summed E-state index contributed by atoms with van der Waals surface area (Å²) >= 11 is 0. The minimum absolute atomic E-state index is 0.414. The first-order valence-corrected chi connectivity index (χ1v) is 5.47. The third-order valence-corrected chi connectivity index (χ3v) is 3.62. The highest BCUT2D eigenvalue weighted by atomic mass is 16.4. The topological polar surface area (TPSA) is 37.3 Å². The van der Waals surface area contributed by atoms with Gasteiger partial charge in [-0.1, -0.05) is 25.7 Å². The maximum absolute atomic E-state index is 10.4. The number of carboxylic acid groups (broad SMARTS) is 1. The Bertz CT molecular complexity index is 194. The molecule has 74 valence electrons. The van der Waals surface area contributed by atoms with Crippen molar-refractivity contribution >= 4 is 5.97 Å². The van der Waals surface area contributed by atoms with Gasteiger partial charge in [0.05, 0.1) is 0 Å². The summed E-state index contributed by atoms with van der Waals surface area (Å²) in [5, 5.41) is 8.60. The lowest BCUT2D eigenvalue weighted by molar-refractivity contribution is -0.137. The highest BCUT2D eigenvalue weighted by Gasteiger charge is 2.39. The van der Waals surface area contributed by atoms with Gasteiger partial charge in [-0.15, -0.1) is 0 Å². The molecule has 0 radical (unpaired) electrons. The van der Waals surface area contributed by atoms with Crippen LogP contribution in [0, 0.1) is 17.8 Å². The SMILES string of the molecule is O=C(O)CC1CC1CC1CCCC1. The van der Waals surface area contributed by atoms with E-state index in [1.807, 2.05) is 0 Å². The van der Waals surface area contributed by atoms with Gasteiger partial charge in [-0.05, 0) is 30.6 Å². The lowest BCUT2D eigenvalue weighted by Gasteiger charge is -2.06. The molecule has 2 rings (SSSR count). The average Bonchev–Trinajstić information content (AvgIpc) is 2.61. The minimum atomic E-state index is -0.612. The molecule has 0 saturated heterocycles. The van der Waals surface area contributed by atoms with Gasteiger partial charge in [0.1, 0.15) is 0 Å². The largest absolute Gasteiger partial charge is 0.481 e. The molecule has 0 aromatic carbocycles. The highest BCUT2D eigenvalue weighted by Crippen LogP contribution is 2.47. The van der Waals surface area contributed by atoms with Crippen LogP contribution in [0.25, 0.3) is 0 Å². The Morgan fingerprint density at radius 2 is 1.92 bits per heavy atom. The van der Waals surface area contributed by atoms with E-state index in [9.17, 15) is 4.79 Å². The Labute approximate surface area is 79.3 Å². The molecule has 0 aromatic heterocycles. The van der Waals surface area contributed by atoms with Gasteiger partial charge in [-0.25, -0.2) is 0 Å². The minimum Gasteiger partial charge on any atom is -0.481 e. The number of aliphatic carboxylic acids is 1. The van der Waals surface area contributed by atoms with E-state index in [-0.39, 0.29) is 0 Å². The van der Waals surface area contributed by atoms with Gasteiger partial charge in [-0.2, -0.15) is 0 Å². The molecule has 0 aromatic rings. The van der Waals surface area contributed by atoms with E-state index in [1.165, 1.54) is 38.5 Å². The molecule has 0 bridgehead atoms. The number of hydrogen-bond donors (Lipinski definition) is 1. The van der Waals surface area contributed by atoms with Gasteiger partial charge in [0.25, 0.3) is 0 Å². The van der Waals surface area contributed by atoms with Crippen molar-refractivity contribution in [2.75, 3.05) is 0 Å². The van der Waals surface area contributed by atoms with Gasteiger partial charge in [0.15, 0.2) is 0 Å². The second-order valence-electron chi connectivity index (χ2n) is 4.74. The zero-order valence-corrected chi connectivity index (χ0v) is 8.04. The van der Waals surface area contributed by atoms with E-state index >= 15 is 0 Å². The van der Waals surface area contributed by atoms with Crippen molar-refractivity contribution in [2.24, 2.45) is 17.8 Å². The third-order valence-electron chi connectivity index (χ3n) is 3.62. The van der Waals surface area contributed by atoms with Crippen molar-refractivity contribution in [3.8, 4) is 0 Å². The van der Waals surface area contributed by atoms with E-state index < -0.39 is 5.97 Å². The first kappa shape index (κ1) is 9.04. The number of carbonyl (C=O) groups is 1. The summed E-state index contributed by atoms with van der Waals surface area (Å²) in [5.74, 6) is 1.61. The molecule has 0 heterocycles. The second kappa shape index (κ2) is 3.69. The van der Waals surface area contributed by atoms with Crippen LogP contribution in [0.4, 0.5) is 0 Å². The average molecular weight is 182 g/mol. The predicted octanol–water partition coefficient (Wildman–Crippen LogP) is 2.68. The maximum Gasteiger partial charge on any atom is 0.303 e. The lowest BCUT2D eigenvalue weighted by atomic mass is 9.99. The fourth-order valence-corrected chi connectivity index (χ4v) is 2.75. The van der Waals surface area contributed by atoms with E-state index in [0.717, 1.165) is 11.8 Å². The zero-order valence-electron chi connectivity index (χ0n) is 8.04. The summed E-state index contributed by atoms with van der Waals surface area (Å²) < 4.78 is 0. The molecule has 0 aliphatic heterocycles. The van der Waals surface area contributed by atoms with Crippen molar-refractivity contribution < 1.29 is 9.90 Å². The fraction of sp³-hybridized carbons (Fsp3) is 0.909. The maximum atomic E-state index is 10.4. The Morgan fingerprint density at radius 1 is 1.23 bits per heavy atom. The first-order valence-electron chi connectivity index (χ1n) is 5.47. The molecule has 2 heteroatoms. The van der Waals surface area contributed by atoms with Crippen LogP contribution in [0.15, 0.2) is 0 Å². The van der Waals surface area contributed by atoms with Crippen molar-refractivity contribution in [1.29, 1.82) is 0 Å². The van der Waals surface area contributed by atoms with Crippen LogP contribution in [0.1, 0.15) is 44.9 Å². The summed E-state index contributed by atoms with van der Waals surface area (Å²) in [6.07, 6.45) is 8.52. The van der Waals surface area contributed by atoms with Crippen molar-refractivity contribution in [3.63, 3.8) is 0 Å². The molecule has 13 heavy (non-hydrogen) atoms. The quantitative estimate of drug-likeness (QED) is 0.725. The summed E-state index contributed by atoms with van der Waals surface area (Å²) in [4.78, 5) is 10.4. The van der Waals surface area contributed by atoms with Crippen molar-refractivity contribution in [1.82, 2.24) is 0 Å². The van der Waals surface area contributed by atoms with Gasteiger partial charge in [0.2, 0.25) is 0 Å². The van der Waals surface area contributed by atoms with E-state index in [1.54, 1.807) is 0 Å². The van der Waals surface area contributed by atoms with Crippen LogP contribution >= 0.6 is 0 Å². The van der Waals surface area contributed by atoms with Crippen LogP contribution in [0.3, 0.4) is 0 Å². The Kier molecular flexibility index (Phi) is 2.56. The van der Waals surface area contributed by atoms with Crippen LogP contribution in [0.2, 0.25) is 0 Å². The van der Waals surface area contributed by atoms with Gasteiger partial charge in [0, 0.05) is 6.42 Å². The highest BCUT2D eigenvalue weighted by molar-refractivity contribution is 5.67. The molecule has 2 aliphatic carbocycles. The zero-order chi connectivity index (χ0) is 9.26. The number of rotatable bonds is 4. The van der Waals surface area contributed by atoms with E-state index in [4.69, 9.17) is 5.11 Å². The Hall–Kier alpha value is -0.530. The van der Waals surface area contributed by atoms with Gasteiger partial charge in [-0.3, -0.25) is 4.79 Å². The molecular formula is C11H18O2. The summed E-state index contributed by atoms with van der Waals surface area (Å²) in [6, 6.07) is 0. The first-order chi connectivity index (χ1) is 6.25.